The average molecular weight is 550 g/mol. The van der Waals surface area contributed by atoms with Crippen molar-refractivity contribution in [3.63, 3.8) is 0 Å². The van der Waals surface area contributed by atoms with Crippen molar-refractivity contribution < 1.29 is 44.2 Å². The van der Waals surface area contributed by atoms with Crippen molar-refractivity contribution >= 4 is 28.7 Å². The Labute approximate surface area is 224 Å². The second kappa shape index (κ2) is 11.9. The molecule has 4 rings (SSSR count). The van der Waals surface area contributed by atoms with Gasteiger partial charge in [-0.25, -0.2) is 4.79 Å². The fourth-order valence-electron chi connectivity index (χ4n) is 4.63. The zero-order chi connectivity index (χ0) is 27.6. The van der Waals surface area contributed by atoms with Gasteiger partial charge in [-0.1, -0.05) is 23.7 Å². The summed E-state index contributed by atoms with van der Waals surface area (Å²) in [7, 11) is 0. The summed E-state index contributed by atoms with van der Waals surface area (Å²) in [6.07, 6.45) is -6.23. The number of halogens is 1. The predicted octanol–water partition coefficient (Wildman–Crippen LogP) is 3.06. The Bertz CT molecular complexity index is 1260. The number of benzene rings is 2. The van der Waals surface area contributed by atoms with Gasteiger partial charge in [0, 0.05) is 30.6 Å². The van der Waals surface area contributed by atoms with Crippen molar-refractivity contribution in [3.8, 4) is 5.75 Å². The highest BCUT2D eigenvalue weighted by Crippen LogP contribution is 2.39. The molecule has 206 valence electrons. The van der Waals surface area contributed by atoms with Crippen LogP contribution in [0.1, 0.15) is 36.6 Å². The zero-order valence-corrected chi connectivity index (χ0v) is 22.0. The van der Waals surface area contributed by atoms with Crippen molar-refractivity contribution in [2.24, 2.45) is 0 Å². The van der Waals surface area contributed by atoms with Crippen LogP contribution in [0, 0.1) is 6.92 Å². The second-order valence-corrected chi connectivity index (χ2v) is 9.64. The molecule has 1 aromatic heterocycles. The van der Waals surface area contributed by atoms with Gasteiger partial charge in [-0.3, -0.25) is 0 Å². The molecule has 2 aromatic carbocycles. The summed E-state index contributed by atoms with van der Waals surface area (Å²) < 4.78 is 23.1. The Kier molecular flexibility index (Phi) is 8.81. The third-order valence-corrected chi connectivity index (χ3v) is 6.69. The van der Waals surface area contributed by atoms with Gasteiger partial charge in [-0.15, -0.1) is 0 Å². The molecule has 2 heterocycles. The number of carbonyl (C=O) groups is 1. The van der Waals surface area contributed by atoms with Crippen LogP contribution in [0.2, 0.25) is 5.02 Å². The summed E-state index contributed by atoms with van der Waals surface area (Å²) in [5.41, 5.74) is 3.09. The lowest BCUT2D eigenvalue weighted by Gasteiger charge is -2.40. The van der Waals surface area contributed by atoms with Crippen LogP contribution in [0.5, 0.6) is 5.75 Å². The standard InChI is InChI=1S/C27H32ClNO9/c1-4-35-27(34)37-15(3)36-17-7-5-16(6-8-17)11-29-12-19(18-9-14(2)10-20(28)22(18)29)26-25(33)24(32)23(31)21(13-30)38-26/h5-10,12,15,21,23-26,30-33H,4,11,13H2,1-3H3/t15?,21-,23-,24+,25-,26+/m1/s1. The van der Waals surface area contributed by atoms with Crippen LogP contribution in [-0.2, 0) is 20.8 Å². The van der Waals surface area contributed by atoms with Gasteiger partial charge in [0.25, 0.3) is 0 Å². The van der Waals surface area contributed by atoms with E-state index in [0.717, 1.165) is 16.5 Å². The van der Waals surface area contributed by atoms with Gasteiger partial charge in [-0.05, 0) is 49.2 Å². The summed E-state index contributed by atoms with van der Waals surface area (Å²) in [6, 6.07) is 10.9. The van der Waals surface area contributed by atoms with Gasteiger partial charge in [0.05, 0.1) is 23.8 Å². The number of aliphatic hydroxyl groups excluding tert-OH is 4. The van der Waals surface area contributed by atoms with E-state index in [1.54, 1.807) is 32.2 Å². The number of fused-ring (bicyclic) bond motifs is 1. The number of aryl methyl sites for hydroxylation is 1. The first kappa shape index (κ1) is 28.2. The molecule has 6 atom stereocenters. The molecule has 1 aliphatic heterocycles. The number of ether oxygens (including phenoxy) is 4. The van der Waals surface area contributed by atoms with Crippen molar-refractivity contribution in [1.29, 1.82) is 0 Å². The smallest absolute Gasteiger partial charge is 0.455 e. The molecule has 0 saturated carbocycles. The average Bonchev–Trinajstić information content (AvgIpc) is 3.22. The lowest BCUT2D eigenvalue weighted by Crippen LogP contribution is -2.55. The molecule has 0 amide bonds. The molecule has 1 aliphatic rings. The number of hydrogen-bond donors (Lipinski definition) is 4. The molecule has 1 saturated heterocycles. The van der Waals surface area contributed by atoms with E-state index in [-0.39, 0.29) is 6.61 Å². The minimum atomic E-state index is -1.49. The molecular weight excluding hydrogens is 518 g/mol. The first-order chi connectivity index (χ1) is 18.1. The van der Waals surface area contributed by atoms with Crippen molar-refractivity contribution in [3.05, 3.63) is 64.3 Å². The largest absolute Gasteiger partial charge is 0.511 e. The minimum absolute atomic E-state index is 0.204. The molecule has 4 N–H and O–H groups in total. The lowest BCUT2D eigenvalue weighted by molar-refractivity contribution is -0.231. The number of carbonyl (C=O) groups excluding carboxylic acids is 1. The molecule has 38 heavy (non-hydrogen) atoms. The van der Waals surface area contributed by atoms with Crippen molar-refractivity contribution in [1.82, 2.24) is 4.57 Å². The molecule has 11 heteroatoms. The van der Waals surface area contributed by atoms with E-state index in [1.165, 1.54) is 0 Å². The Morgan fingerprint density at radius 3 is 2.50 bits per heavy atom. The van der Waals surface area contributed by atoms with Crippen molar-refractivity contribution in [2.75, 3.05) is 13.2 Å². The maximum Gasteiger partial charge on any atom is 0.511 e. The summed E-state index contributed by atoms with van der Waals surface area (Å²) in [5, 5.41) is 42.2. The quantitative estimate of drug-likeness (QED) is 0.246. The molecule has 1 fully saturated rings. The van der Waals surface area contributed by atoms with Gasteiger partial charge < -0.3 is 43.9 Å². The van der Waals surface area contributed by atoms with Gasteiger partial charge >= 0.3 is 6.16 Å². The van der Waals surface area contributed by atoms with Crippen LogP contribution in [0.4, 0.5) is 4.79 Å². The Hall–Kier alpha value is -2.86. The first-order valence-electron chi connectivity index (χ1n) is 12.3. The highest BCUT2D eigenvalue weighted by atomic mass is 35.5. The number of aromatic nitrogens is 1. The summed E-state index contributed by atoms with van der Waals surface area (Å²) in [4.78, 5) is 11.5. The first-order valence-corrected chi connectivity index (χ1v) is 12.7. The topological polar surface area (TPSA) is 140 Å². The molecular formula is C27H32ClNO9. The fraction of sp³-hybridized carbons (Fsp3) is 0.444. The zero-order valence-electron chi connectivity index (χ0n) is 21.3. The number of hydrogen-bond acceptors (Lipinski definition) is 9. The van der Waals surface area contributed by atoms with Crippen LogP contribution in [-0.4, -0.2) is 75.1 Å². The maximum atomic E-state index is 11.5. The van der Waals surface area contributed by atoms with E-state index >= 15 is 0 Å². The van der Waals surface area contributed by atoms with Crippen LogP contribution in [0.15, 0.2) is 42.6 Å². The second-order valence-electron chi connectivity index (χ2n) is 9.24. The van der Waals surface area contributed by atoms with Gasteiger partial charge in [0.2, 0.25) is 6.29 Å². The highest BCUT2D eigenvalue weighted by Gasteiger charge is 2.44. The maximum absolute atomic E-state index is 11.5. The summed E-state index contributed by atoms with van der Waals surface area (Å²) in [6.45, 7) is 5.26. The highest BCUT2D eigenvalue weighted by molar-refractivity contribution is 6.35. The van der Waals surface area contributed by atoms with E-state index in [4.69, 9.17) is 30.5 Å². The van der Waals surface area contributed by atoms with Gasteiger partial charge in [0.15, 0.2) is 0 Å². The minimum Gasteiger partial charge on any atom is -0.455 e. The normalized spacial score (nSPS) is 24.3. The molecule has 0 spiro atoms. The third-order valence-electron chi connectivity index (χ3n) is 6.40. The Morgan fingerprint density at radius 1 is 1.13 bits per heavy atom. The molecule has 10 nitrogen and oxygen atoms in total. The van der Waals surface area contributed by atoms with E-state index in [1.807, 2.05) is 35.8 Å². The molecule has 3 aromatic rings. The Morgan fingerprint density at radius 2 is 1.84 bits per heavy atom. The van der Waals surface area contributed by atoms with Crippen molar-refractivity contribution in [2.45, 2.75) is 64.1 Å². The van der Waals surface area contributed by atoms with Crippen LogP contribution in [0.3, 0.4) is 0 Å². The molecule has 0 radical (unpaired) electrons. The number of rotatable bonds is 8. The van der Waals surface area contributed by atoms with Crippen LogP contribution < -0.4 is 4.74 Å². The number of aliphatic hydroxyl groups is 4. The number of nitrogens with zero attached hydrogens (tertiary/aromatic N) is 1. The van der Waals surface area contributed by atoms with E-state index in [9.17, 15) is 25.2 Å². The predicted molar refractivity (Wildman–Crippen MR) is 138 cm³/mol. The van der Waals surface area contributed by atoms with E-state index in [0.29, 0.717) is 28.4 Å². The lowest BCUT2D eigenvalue weighted by atomic mass is 9.91. The summed E-state index contributed by atoms with van der Waals surface area (Å²) >= 11 is 6.65. The summed E-state index contributed by atoms with van der Waals surface area (Å²) in [5.74, 6) is 0.499. The molecule has 0 bridgehead atoms. The van der Waals surface area contributed by atoms with E-state index < -0.39 is 49.6 Å². The molecule has 0 aliphatic carbocycles. The van der Waals surface area contributed by atoms with Gasteiger partial charge in [-0.2, -0.15) is 0 Å². The fourth-order valence-corrected chi connectivity index (χ4v) is 5.01. The van der Waals surface area contributed by atoms with Gasteiger partial charge in [0.1, 0.15) is 36.3 Å². The van der Waals surface area contributed by atoms with Crippen LogP contribution in [0.25, 0.3) is 10.9 Å². The Balaban J connectivity index is 1.60. The van der Waals surface area contributed by atoms with Crippen LogP contribution >= 0.6 is 11.6 Å². The monoisotopic (exact) mass is 549 g/mol. The molecule has 1 unspecified atom stereocenters. The van der Waals surface area contributed by atoms with E-state index in [2.05, 4.69) is 0 Å². The third kappa shape index (κ3) is 5.90. The SMILES string of the molecule is CCOC(=O)OC(C)Oc1ccc(Cn2cc([C@@H]3O[C@H](CO)[C@@H](O)[C@H](O)[C@H]3O)c3cc(C)cc(Cl)c32)cc1.